The third-order valence-electron chi connectivity index (χ3n) is 6.85. The van der Waals surface area contributed by atoms with Crippen molar-refractivity contribution in [2.45, 2.75) is 37.6 Å². The number of aliphatic carboxylic acids is 1. The molecule has 8 nitrogen and oxygen atoms in total. The van der Waals surface area contributed by atoms with Crippen LogP contribution in [0.3, 0.4) is 0 Å². The number of nitrogens with one attached hydrogen (secondary N) is 2. The lowest BCUT2D eigenvalue weighted by Crippen LogP contribution is -2.45. The molecule has 3 N–H and O–H groups in total. The summed E-state index contributed by atoms with van der Waals surface area (Å²) in [6.45, 7) is 0.140. The molecule has 0 radical (unpaired) electrons. The molecule has 0 aliphatic heterocycles. The minimum atomic E-state index is -0.925. The summed E-state index contributed by atoms with van der Waals surface area (Å²) in [7, 11) is 0. The second kappa shape index (κ2) is 9.66. The molecular formula is C27H26N2O6. The molecule has 8 heteroatoms. The fourth-order valence-electron chi connectivity index (χ4n) is 5.16. The fourth-order valence-corrected chi connectivity index (χ4v) is 5.16. The fraction of sp³-hybridized carbons (Fsp3) is 0.296. The molecule has 2 aliphatic carbocycles. The number of rotatable bonds is 6. The van der Waals surface area contributed by atoms with Gasteiger partial charge < -0.3 is 19.6 Å². The average molecular weight is 475 g/mol. The molecule has 1 saturated carbocycles. The third-order valence-corrected chi connectivity index (χ3v) is 6.85. The predicted octanol–water partition coefficient (Wildman–Crippen LogP) is 5.01. The average Bonchev–Trinajstić information content (AvgIpc) is 3.45. The van der Waals surface area contributed by atoms with Gasteiger partial charge >= 0.3 is 12.1 Å². The molecule has 2 aromatic carbocycles. The lowest BCUT2D eigenvalue weighted by atomic mass is 9.84. The highest BCUT2D eigenvalue weighted by Crippen LogP contribution is 2.44. The summed E-state index contributed by atoms with van der Waals surface area (Å²) in [6, 6.07) is 17.1. The van der Waals surface area contributed by atoms with E-state index in [1.165, 1.54) is 12.3 Å². The minimum absolute atomic E-state index is 0.0838. The van der Waals surface area contributed by atoms with E-state index in [9.17, 15) is 19.5 Å². The van der Waals surface area contributed by atoms with Crippen molar-refractivity contribution in [1.29, 1.82) is 0 Å². The van der Waals surface area contributed by atoms with Gasteiger partial charge in [0.25, 0.3) is 5.91 Å². The maximum Gasteiger partial charge on any atom is 0.411 e. The molecule has 2 atom stereocenters. The first-order valence-corrected chi connectivity index (χ1v) is 11.8. The SMILES string of the molecule is O=C(Nc1ccoc1C(=O)NC1CCCCC1C(=O)O)OCC1c2ccccc2-c2ccccc21. The number of fused-ring (bicyclic) bond motifs is 3. The van der Waals surface area contributed by atoms with Gasteiger partial charge in [0.1, 0.15) is 6.61 Å². The standard InChI is InChI=1S/C27H26N2O6/c30-25(28-22-12-6-5-11-20(22)26(31)32)24-23(13-14-34-24)29-27(33)35-15-21-18-9-3-1-7-16(18)17-8-2-4-10-19(17)21/h1-4,7-10,13-14,20-22H,5-6,11-12,15H2,(H,28,30)(H,29,33)(H,31,32). The number of hydrogen-bond acceptors (Lipinski definition) is 5. The molecule has 1 aromatic heterocycles. The van der Waals surface area contributed by atoms with Crippen LogP contribution >= 0.6 is 0 Å². The molecule has 5 rings (SSSR count). The van der Waals surface area contributed by atoms with Crippen molar-refractivity contribution in [3.8, 4) is 11.1 Å². The van der Waals surface area contributed by atoms with E-state index in [0.717, 1.165) is 35.1 Å². The Morgan fingerprint density at radius 2 is 1.60 bits per heavy atom. The molecule has 0 bridgehead atoms. The van der Waals surface area contributed by atoms with E-state index in [1.54, 1.807) is 0 Å². The molecule has 2 amide bonds. The molecule has 2 unspecified atom stereocenters. The van der Waals surface area contributed by atoms with Gasteiger partial charge in [0.2, 0.25) is 5.76 Å². The highest BCUT2D eigenvalue weighted by Gasteiger charge is 2.33. The number of anilines is 1. The number of carboxylic acid groups (broad SMARTS) is 1. The number of carbonyl (C=O) groups is 3. The number of ether oxygens (including phenoxy) is 1. The molecule has 1 heterocycles. The lowest BCUT2D eigenvalue weighted by molar-refractivity contribution is -0.143. The molecule has 35 heavy (non-hydrogen) atoms. The van der Waals surface area contributed by atoms with Crippen molar-refractivity contribution >= 4 is 23.7 Å². The Kier molecular flexibility index (Phi) is 6.27. The molecule has 3 aromatic rings. The molecule has 0 saturated heterocycles. The van der Waals surface area contributed by atoms with Gasteiger partial charge in [0.05, 0.1) is 17.9 Å². The van der Waals surface area contributed by atoms with Gasteiger partial charge in [-0.25, -0.2) is 4.79 Å². The van der Waals surface area contributed by atoms with Crippen molar-refractivity contribution in [2.24, 2.45) is 5.92 Å². The van der Waals surface area contributed by atoms with E-state index in [0.29, 0.717) is 12.8 Å². The van der Waals surface area contributed by atoms with Crippen LogP contribution in [0.25, 0.3) is 11.1 Å². The van der Waals surface area contributed by atoms with Crippen molar-refractivity contribution in [1.82, 2.24) is 5.32 Å². The number of furan rings is 1. The summed E-state index contributed by atoms with van der Waals surface area (Å²) < 4.78 is 10.9. The first-order valence-electron chi connectivity index (χ1n) is 11.8. The quantitative estimate of drug-likeness (QED) is 0.462. The van der Waals surface area contributed by atoms with Gasteiger partial charge in [-0.3, -0.25) is 14.9 Å². The summed E-state index contributed by atoms with van der Waals surface area (Å²) in [6.07, 6.45) is 3.35. The Labute approximate surface area is 202 Å². The number of carbonyl (C=O) groups excluding carboxylic acids is 2. The maximum atomic E-state index is 12.8. The number of benzene rings is 2. The zero-order chi connectivity index (χ0) is 24.4. The Balaban J connectivity index is 1.23. The molecule has 180 valence electrons. The van der Waals surface area contributed by atoms with Crippen molar-refractivity contribution in [3.05, 3.63) is 77.7 Å². The van der Waals surface area contributed by atoms with Crippen LogP contribution in [0.1, 0.15) is 53.3 Å². The van der Waals surface area contributed by atoms with E-state index in [2.05, 4.69) is 22.8 Å². The van der Waals surface area contributed by atoms with E-state index in [4.69, 9.17) is 9.15 Å². The van der Waals surface area contributed by atoms with E-state index >= 15 is 0 Å². The van der Waals surface area contributed by atoms with Gasteiger partial charge in [-0.1, -0.05) is 61.4 Å². The zero-order valence-corrected chi connectivity index (χ0v) is 19.0. The van der Waals surface area contributed by atoms with Crippen LogP contribution in [-0.2, 0) is 9.53 Å². The van der Waals surface area contributed by atoms with Gasteiger partial charge in [-0.15, -0.1) is 0 Å². The number of carboxylic acids is 1. The molecular weight excluding hydrogens is 448 g/mol. The van der Waals surface area contributed by atoms with Crippen LogP contribution in [0.5, 0.6) is 0 Å². The van der Waals surface area contributed by atoms with Gasteiger partial charge in [-0.05, 0) is 35.1 Å². The Morgan fingerprint density at radius 3 is 2.29 bits per heavy atom. The summed E-state index contributed by atoms with van der Waals surface area (Å²) in [5.41, 5.74) is 4.64. The second-order valence-electron chi connectivity index (χ2n) is 8.92. The summed E-state index contributed by atoms with van der Waals surface area (Å²) >= 11 is 0. The Morgan fingerprint density at radius 1 is 0.943 bits per heavy atom. The van der Waals surface area contributed by atoms with E-state index in [1.807, 2.05) is 36.4 Å². The lowest BCUT2D eigenvalue weighted by Gasteiger charge is -2.28. The van der Waals surface area contributed by atoms with E-state index < -0.39 is 29.9 Å². The first kappa shape index (κ1) is 22.7. The maximum absolute atomic E-state index is 12.8. The Bertz CT molecular complexity index is 1220. The zero-order valence-electron chi connectivity index (χ0n) is 19.0. The normalized spacial score (nSPS) is 18.9. The monoisotopic (exact) mass is 474 g/mol. The van der Waals surface area contributed by atoms with Crippen molar-refractivity contribution in [3.63, 3.8) is 0 Å². The summed E-state index contributed by atoms with van der Waals surface area (Å²) in [5.74, 6) is -2.30. The predicted molar refractivity (Wildman–Crippen MR) is 128 cm³/mol. The van der Waals surface area contributed by atoms with Crippen LogP contribution in [-0.4, -0.2) is 35.7 Å². The minimum Gasteiger partial charge on any atom is -0.481 e. The van der Waals surface area contributed by atoms with Gasteiger partial charge in [-0.2, -0.15) is 0 Å². The van der Waals surface area contributed by atoms with Gasteiger partial charge in [0, 0.05) is 18.0 Å². The van der Waals surface area contributed by atoms with Crippen LogP contribution in [0.15, 0.2) is 65.3 Å². The van der Waals surface area contributed by atoms with Crippen LogP contribution in [0.4, 0.5) is 10.5 Å². The van der Waals surface area contributed by atoms with Crippen molar-refractivity contribution < 1.29 is 28.6 Å². The smallest absolute Gasteiger partial charge is 0.411 e. The topological polar surface area (TPSA) is 118 Å². The second-order valence-corrected chi connectivity index (χ2v) is 8.92. The number of amides is 2. The highest BCUT2D eigenvalue weighted by molar-refractivity contribution is 6.00. The van der Waals surface area contributed by atoms with Crippen LogP contribution in [0.2, 0.25) is 0 Å². The highest BCUT2D eigenvalue weighted by atomic mass is 16.5. The summed E-state index contributed by atoms with van der Waals surface area (Å²) in [4.78, 5) is 36.9. The van der Waals surface area contributed by atoms with E-state index in [-0.39, 0.29) is 24.0 Å². The van der Waals surface area contributed by atoms with Crippen LogP contribution in [0, 0.1) is 5.92 Å². The molecule has 2 aliphatic rings. The number of hydrogen-bond donors (Lipinski definition) is 3. The van der Waals surface area contributed by atoms with Crippen LogP contribution < -0.4 is 10.6 Å². The third kappa shape index (κ3) is 4.51. The largest absolute Gasteiger partial charge is 0.481 e. The Hall–Kier alpha value is -4.07. The van der Waals surface area contributed by atoms with Crippen molar-refractivity contribution in [2.75, 3.05) is 11.9 Å². The molecule has 1 fully saturated rings. The first-order chi connectivity index (χ1) is 17.0. The van der Waals surface area contributed by atoms with Gasteiger partial charge in [0.15, 0.2) is 0 Å². The molecule has 0 spiro atoms. The summed E-state index contributed by atoms with van der Waals surface area (Å²) in [5, 5.41) is 14.8.